The van der Waals surface area contributed by atoms with E-state index in [9.17, 15) is 78.9 Å². The SMILES string of the molecule is CC(=O)NC1C(O)CC(CO)OC1OCCOCCOCCNC(=O)CCOCC(COCCC(=O)NCCOCCOCCOC1OC(CO)CC(O)C1NC(C)=O)(COCCC(=O)NCCOCCOCCOC1OC(CO)C(O)C(O)C1NC(C)=O)NC(=O)CCCCCCCCCCC(=O)NCCOC1(OCCNC(=O)OCN)CCCC1. The molecule has 122 heavy (non-hydrogen) atoms. The van der Waals surface area contributed by atoms with E-state index in [1.165, 1.54) is 20.8 Å². The Hall–Kier alpha value is -5.97. The zero-order chi connectivity index (χ0) is 88.9. The van der Waals surface area contributed by atoms with Crippen molar-refractivity contribution in [2.75, 3.05) is 211 Å². The second-order valence-corrected chi connectivity index (χ2v) is 29.7. The molecule has 4 rings (SSSR count). The number of aliphatic hydroxyl groups is 7. The Morgan fingerprint density at radius 1 is 0.385 bits per heavy atom. The van der Waals surface area contributed by atoms with Gasteiger partial charge in [-0.05, 0) is 25.7 Å². The highest BCUT2D eigenvalue weighted by molar-refractivity contribution is 5.78. The van der Waals surface area contributed by atoms with Crippen molar-refractivity contribution < 1.29 is 164 Å². The molecule has 0 aromatic rings. The van der Waals surface area contributed by atoms with E-state index in [0.29, 0.717) is 32.2 Å². The molecule has 3 aliphatic heterocycles. The Morgan fingerprint density at radius 3 is 1.11 bits per heavy atom. The van der Waals surface area contributed by atoms with E-state index in [-0.39, 0.29) is 278 Å². The Kier molecular flexibility index (Phi) is 59.0. The van der Waals surface area contributed by atoms with Crippen LogP contribution in [0.1, 0.15) is 143 Å². The fourth-order valence-corrected chi connectivity index (χ4v) is 13.3. The number of unbranched alkanes of at least 4 members (excludes halogenated alkanes) is 7. The first-order chi connectivity index (χ1) is 58.9. The highest BCUT2D eigenvalue weighted by atomic mass is 16.7. The molecule has 0 spiro atoms. The first-order valence-corrected chi connectivity index (χ1v) is 42.6. The summed E-state index contributed by atoms with van der Waals surface area (Å²) in [6.45, 7) is 4.67. The number of carbonyl (C=O) groups is 9. The minimum atomic E-state index is -1.46. The minimum Gasteiger partial charge on any atom is -0.434 e. The molecule has 13 unspecified atom stereocenters. The van der Waals surface area contributed by atoms with Crippen LogP contribution in [-0.4, -0.2) is 391 Å². The summed E-state index contributed by atoms with van der Waals surface area (Å²) in [6, 6.07) is -2.77. The number of nitrogens with one attached hydrogen (secondary N) is 9. The number of carbonyl (C=O) groups excluding carboxylic acids is 9. The molecule has 18 N–H and O–H groups in total. The third-order valence-electron chi connectivity index (χ3n) is 19.4. The average Bonchev–Trinajstić information content (AvgIpc) is 1.56. The van der Waals surface area contributed by atoms with Crippen LogP contribution in [-0.2, 0) is 124 Å². The summed E-state index contributed by atoms with van der Waals surface area (Å²) in [5.41, 5.74) is 3.83. The summed E-state index contributed by atoms with van der Waals surface area (Å²) < 4.78 is 103. The Balaban J connectivity index is 1.27. The molecule has 44 nitrogen and oxygen atoms in total. The molecule has 1 saturated carbocycles. The van der Waals surface area contributed by atoms with Crippen molar-refractivity contribution in [2.24, 2.45) is 5.73 Å². The molecule has 0 aromatic carbocycles. The maximum Gasteiger partial charge on any atom is 0.408 e. The second kappa shape index (κ2) is 66.4. The molecular weight excluding hydrogens is 1620 g/mol. The van der Waals surface area contributed by atoms with Crippen LogP contribution in [0.15, 0.2) is 0 Å². The first-order valence-electron chi connectivity index (χ1n) is 42.6. The van der Waals surface area contributed by atoms with Crippen LogP contribution in [0.5, 0.6) is 0 Å². The van der Waals surface area contributed by atoms with Crippen LogP contribution in [0.4, 0.5) is 4.79 Å². The van der Waals surface area contributed by atoms with Gasteiger partial charge in [0.25, 0.3) is 0 Å². The van der Waals surface area contributed by atoms with Crippen molar-refractivity contribution in [3.05, 3.63) is 0 Å². The number of aliphatic hydroxyl groups excluding tert-OH is 7. The zero-order valence-electron chi connectivity index (χ0n) is 71.3. The van der Waals surface area contributed by atoms with Gasteiger partial charge in [-0.3, -0.25) is 44.1 Å². The lowest BCUT2D eigenvalue weighted by Crippen LogP contribution is -2.64. The lowest BCUT2D eigenvalue weighted by molar-refractivity contribution is -0.272. The molecule has 9 amide bonds. The standard InChI is InChI=1S/C78H142N10O34/c1-55(92)85-68-60(95)46-58(48-89)120-73(68)114-43-40-108-37-34-105-29-21-80-64(98)16-26-111-51-77(52-112-27-17-65(99)81-22-30-106-35-38-109-41-44-115-74-69(86-56(2)93)61(96)47-59(49-90)121-74,53-113-28-18-66(100)82-23-31-107-36-39-110-42-45-116-75-70(87-57(3)94)72(103)71(102)62(50-91)122-75)88-67(101)15-11-9-7-5-4-6-8-10-14-63(97)83-24-32-118-78(19-12-13-20-78)119-33-25-84-76(104)117-54-79/h58-62,68-75,89-91,95-96,102-103H,4-54,79H2,1-3H3,(H,80,98)(H,81,99)(H,82,100)(H,83,97)(H,84,104)(H,85,92)(H,86,93)(H,87,94)(H,88,101). The van der Waals surface area contributed by atoms with Gasteiger partial charge in [0.1, 0.15) is 48.7 Å². The molecular formula is C78H142N10O34. The Bertz CT molecular complexity index is 2770. The smallest absolute Gasteiger partial charge is 0.408 e. The summed E-state index contributed by atoms with van der Waals surface area (Å²) in [7, 11) is 0. The molecule has 3 heterocycles. The normalized spacial score (nSPS) is 23.1. The van der Waals surface area contributed by atoms with Gasteiger partial charge in [-0.2, -0.15) is 0 Å². The highest BCUT2D eigenvalue weighted by Crippen LogP contribution is 2.34. The average molecular weight is 1760 g/mol. The van der Waals surface area contributed by atoms with Crippen molar-refractivity contribution in [1.82, 2.24) is 47.9 Å². The lowest BCUT2D eigenvalue weighted by Gasteiger charge is -2.42. The third kappa shape index (κ3) is 48.7. The topological polar surface area (TPSA) is 596 Å². The predicted octanol–water partition coefficient (Wildman–Crippen LogP) is -4.59. The van der Waals surface area contributed by atoms with Crippen molar-refractivity contribution in [3.8, 4) is 0 Å². The van der Waals surface area contributed by atoms with E-state index >= 15 is 0 Å². The summed E-state index contributed by atoms with van der Waals surface area (Å²) in [4.78, 5) is 113. The van der Waals surface area contributed by atoms with Gasteiger partial charge in [0, 0.05) is 111 Å². The van der Waals surface area contributed by atoms with Crippen LogP contribution in [0.2, 0.25) is 0 Å². The van der Waals surface area contributed by atoms with Gasteiger partial charge in [0.15, 0.2) is 24.7 Å². The molecule has 3 saturated heterocycles. The molecule has 1 aliphatic carbocycles. The summed E-state index contributed by atoms with van der Waals surface area (Å²) in [5.74, 6) is -3.54. The molecule has 0 aromatic heterocycles. The van der Waals surface area contributed by atoms with Gasteiger partial charge in [0.2, 0.25) is 47.3 Å². The zero-order valence-corrected chi connectivity index (χ0v) is 71.3. The van der Waals surface area contributed by atoms with Gasteiger partial charge in [-0.1, -0.05) is 38.5 Å². The molecule has 44 heteroatoms. The fourth-order valence-electron chi connectivity index (χ4n) is 13.3. The molecule has 4 fully saturated rings. The van der Waals surface area contributed by atoms with Crippen LogP contribution < -0.4 is 53.6 Å². The van der Waals surface area contributed by atoms with Gasteiger partial charge < -0.3 is 169 Å². The number of rotatable bonds is 72. The molecule has 4 aliphatic rings. The van der Waals surface area contributed by atoms with Crippen molar-refractivity contribution in [3.63, 3.8) is 0 Å². The third-order valence-corrected chi connectivity index (χ3v) is 19.4. The van der Waals surface area contributed by atoms with Crippen molar-refractivity contribution >= 4 is 53.4 Å². The monoisotopic (exact) mass is 1760 g/mol. The summed E-state index contributed by atoms with van der Waals surface area (Å²) >= 11 is 0. The van der Waals surface area contributed by atoms with Crippen LogP contribution in [0.3, 0.4) is 0 Å². The number of nitrogens with two attached hydrogens (primary N) is 1. The van der Waals surface area contributed by atoms with Gasteiger partial charge in [-0.15, -0.1) is 0 Å². The van der Waals surface area contributed by atoms with E-state index < -0.39 is 110 Å². The van der Waals surface area contributed by atoms with Gasteiger partial charge >= 0.3 is 6.09 Å². The lowest BCUT2D eigenvalue weighted by atomic mass is 9.97. The van der Waals surface area contributed by atoms with E-state index in [1.54, 1.807) is 0 Å². The Morgan fingerprint density at radius 2 is 0.730 bits per heavy atom. The number of amides is 9. The van der Waals surface area contributed by atoms with E-state index in [1.807, 2.05) is 0 Å². The van der Waals surface area contributed by atoms with Crippen LogP contribution >= 0.6 is 0 Å². The largest absolute Gasteiger partial charge is 0.434 e. The van der Waals surface area contributed by atoms with E-state index in [2.05, 4.69) is 52.6 Å². The Labute approximate surface area is 713 Å². The molecule has 13 atom stereocenters. The second-order valence-electron chi connectivity index (χ2n) is 29.7. The minimum absolute atomic E-state index is 0.0326. The van der Waals surface area contributed by atoms with Gasteiger partial charge in [-0.25, -0.2) is 4.79 Å². The van der Waals surface area contributed by atoms with Crippen LogP contribution in [0, 0.1) is 0 Å². The number of hydrogen-bond acceptors (Lipinski definition) is 35. The quantitative estimate of drug-likeness (QED) is 0.0201. The molecule has 708 valence electrons. The summed E-state index contributed by atoms with van der Waals surface area (Å²) in [6.07, 6.45) is -0.929. The number of ether oxygens (including phenoxy) is 18. The number of alkyl carbamates (subject to hydrolysis) is 1. The summed E-state index contributed by atoms with van der Waals surface area (Å²) in [5, 5.41) is 95.1. The van der Waals surface area contributed by atoms with E-state index in [0.717, 1.165) is 57.8 Å². The predicted molar refractivity (Wildman–Crippen MR) is 428 cm³/mol. The molecule has 0 bridgehead atoms. The first kappa shape index (κ1) is 108. The van der Waals surface area contributed by atoms with Crippen molar-refractivity contribution in [2.45, 2.75) is 234 Å². The molecule has 0 radical (unpaired) electrons. The van der Waals surface area contributed by atoms with E-state index in [4.69, 9.17) is 86.3 Å². The van der Waals surface area contributed by atoms with Gasteiger partial charge in [0.05, 0.1) is 196 Å². The van der Waals surface area contributed by atoms with Crippen molar-refractivity contribution in [1.29, 1.82) is 0 Å². The number of hydrogen-bond donors (Lipinski definition) is 17. The maximum absolute atomic E-state index is 14.1. The highest BCUT2D eigenvalue weighted by Gasteiger charge is 2.46. The fraction of sp³-hybridized carbons (Fsp3) is 0.885. The van der Waals surface area contributed by atoms with Crippen LogP contribution in [0.25, 0.3) is 0 Å². The maximum atomic E-state index is 14.1.